The Kier molecular flexibility index (Phi) is 5.43. The number of carbonyl (C=O) groups is 2. The van der Waals surface area contributed by atoms with Crippen LogP contribution in [0, 0.1) is 0 Å². The first-order chi connectivity index (χ1) is 14.6. The average Bonchev–Trinajstić information content (AvgIpc) is 3.24. The number of methoxy groups -OCH3 is 1. The second kappa shape index (κ2) is 8.32. The molecule has 0 saturated carbocycles. The lowest BCUT2D eigenvalue weighted by atomic mass is 10.0. The van der Waals surface area contributed by atoms with Gasteiger partial charge in [0, 0.05) is 11.9 Å². The summed E-state index contributed by atoms with van der Waals surface area (Å²) in [5.41, 5.74) is 1.23. The summed E-state index contributed by atoms with van der Waals surface area (Å²) in [5.74, 6) is 1.03. The highest BCUT2D eigenvalue weighted by Gasteiger charge is 2.21. The van der Waals surface area contributed by atoms with Crippen molar-refractivity contribution >= 4 is 22.6 Å². The van der Waals surface area contributed by atoms with Gasteiger partial charge in [0.1, 0.15) is 5.75 Å². The molecule has 154 valence electrons. The van der Waals surface area contributed by atoms with Crippen LogP contribution in [0.3, 0.4) is 0 Å². The Bertz CT molecular complexity index is 1110. The summed E-state index contributed by atoms with van der Waals surface area (Å²) in [6.45, 7) is 2.01. The minimum atomic E-state index is -0.952. The molecule has 0 spiro atoms. The molecule has 3 aromatic rings. The zero-order chi connectivity index (χ0) is 21.1. The molecule has 4 rings (SSSR count). The molecule has 7 heteroatoms. The van der Waals surface area contributed by atoms with Gasteiger partial charge in [-0.2, -0.15) is 0 Å². The van der Waals surface area contributed by atoms with Crippen molar-refractivity contribution in [2.24, 2.45) is 0 Å². The van der Waals surface area contributed by atoms with Gasteiger partial charge in [-0.25, -0.2) is 4.79 Å². The Hall–Kier alpha value is -3.74. The molecule has 7 nitrogen and oxygen atoms in total. The maximum atomic E-state index is 12.7. The molecule has 1 N–H and O–H groups in total. The van der Waals surface area contributed by atoms with E-state index in [9.17, 15) is 9.59 Å². The van der Waals surface area contributed by atoms with E-state index < -0.39 is 12.1 Å². The summed E-state index contributed by atoms with van der Waals surface area (Å²) in [6.07, 6.45) is -0.952. The minimum Gasteiger partial charge on any atom is -0.496 e. The fraction of sp³-hybridized carbons (Fsp3) is 0.217. The van der Waals surface area contributed by atoms with Gasteiger partial charge in [-0.15, -0.1) is 0 Å². The molecule has 1 heterocycles. The van der Waals surface area contributed by atoms with Crippen molar-refractivity contribution in [3.63, 3.8) is 0 Å². The van der Waals surface area contributed by atoms with Crippen molar-refractivity contribution in [2.75, 3.05) is 13.9 Å². The van der Waals surface area contributed by atoms with Crippen LogP contribution in [-0.2, 0) is 16.1 Å². The van der Waals surface area contributed by atoms with Crippen molar-refractivity contribution in [1.82, 2.24) is 5.32 Å². The van der Waals surface area contributed by atoms with Gasteiger partial charge in [0.2, 0.25) is 6.79 Å². The number of nitrogens with one attached hydrogen (secondary N) is 1. The predicted octanol–water partition coefficient (Wildman–Crippen LogP) is 3.44. The number of esters is 1. The highest BCUT2D eigenvalue weighted by atomic mass is 16.7. The summed E-state index contributed by atoms with van der Waals surface area (Å²) in [7, 11) is 1.58. The second-order valence-electron chi connectivity index (χ2n) is 6.81. The van der Waals surface area contributed by atoms with Crippen LogP contribution in [0.2, 0.25) is 0 Å². The summed E-state index contributed by atoms with van der Waals surface area (Å²) in [4.78, 5) is 25.1. The summed E-state index contributed by atoms with van der Waals surface area (Å²) < 4.78 is 21.4. The molecule has 1 aliphatic rings. The Balaban J connectivity index is 1.41. The lowest BCUT2D eigenvalue weighted by Crippen LogP contribution is -2.35. The first-order valence-corrected chi connectivity index (χ1v) is 9.50. The SMILES string of the molecule is COc1ccc(C(=O)O[C@H](C)C(=O)NCc2ccc3c(c2)OCO3)c2ccccc12. The predicted molar refractivity (Wildman–Crippen MR) is 110 cm³/mol. The standard InChI is InChI=1S/C23H21NO6/c1-14(22(25)24-12-15-7-9-20-21(11-15)29-13-28-20)30-23(26)18-8-10-19(27-2)17-6-4-3-5-16(17)18/h3-11,14H,12-13H2,1-2H3,(H,24,25)/t14-/m1/s1. The fourth-order valence-corrected chi connectivity index (χ4v) is 3.29. The van der Waals surface area contributed by atoms with Crippen molar-refractivity contribution in [3.05, 3.63) is 65.7 Å². The second-order valence-corrected chi connectivity index (χ2v) is 6.81. The minimum absolute atomic E-state index is 0.193. The third-order valence-electron chi connectivity index (χ3n) is 4.88. The quantitative estimate of drug-likeness (QED) is 0.631. The normalized spacial score (nSPS) is 13.0. The van der Waals surface area contributed by atoms with Crippen LogP contribution in [0.15, 0.2) is 54.6 Å². The van der Waals surface area contributed by atoms with E-state index in [4.69, 9.17) is 18.9 Å². The zero-order valence-electron chi connectivity index (χ0n) is 16.6. The number of ether oxygens (including phenoxy) is 4. The topological polar surface area (TPSA) is 83.1 Å². The van der Waals surface area contributed by atoms with E-state index in [1.165, 1.54) is 0 Å². The average molecular weight is 407 g/mol. The van der Waals surface area contributed by atoms with Crippen LogP contribution in [0.25, 0.3) is 10.8 Å². The summed E-state index contributed by atoms with van der Waals surface area (Å²) in [5, 5.41) is 4.27. The summed E-state index contributed by atoms with van der Waals surface area (Å²) in [6, 6.07) is 16.2. The van der Waals surface area contributed by atoms with Crippen LogP contribution >= 0.6 is 0 Å². The van der Waals surface area contributed by atoms with Crippen LogP contribution in [0.5, 0.6) is 17.2 Å². The number of carbonyl (C=O) groups excluding carboxylic acids is 2. The van der Waals surface area contributed by atoms with E-state index in [0.29, 0.717) is 28.2 Å². The molecule has 30 heavy (non-hydrogen) atoms. The molecule has 0 aliphatic carbocycles. The van der Waals surface area contributed by atoms with Gasteiger partial charge in [-0.05, 0) is 42.1 Å². The third-order valence-corrected chi connectivity index (χ3v) is 4.88. The molecule has 1 aliphatic heterocycles. The van der Waals surface area contributed by atoms with Crippen molar-refractivity contribution in [1.29, 1.82) is 0 Å². The first kappa shape index (κ1) is 19.6. The van der Waals surface area contributed by atoms with Gasteiger partial charge in [0.15, 0.2) is 17.6 Å². The summed E-state index contributed by atoms with van der Waals surface area (Å²) >= 11 is 0. The van der Waals surface area contributed by atoms with Crippen molar-refractivity contribution in [3.8, 4) is 17.2 Å². The van der Waals surface area contributed by atoms with Crippen molar-refractivity contribution in [2.45, 2.75) is 19.6 Å². The van der Waals surface area contributed by atoms with Crippen LogP contribution in [0.1, 0.15) is 22.8 Å². The lowest BCUT2D eigenvalue weighted by Gasteiger charge is -2.15. The Morgan fingerprint density at radius 1 is 1.03 bits per heavy atom. The molecule has 0 radical (unpaired) electrons. The number of benzene rings is 3. The van der Waals surface area contributed by atoms with Gasteiger partial charge in [-0.3, -0.25) is 4.79 Å². The highest BCUT2D eigenvalue weighted by molar-refractivity contribution is 6.07. The molecule has 1 atom stereocenters. The maximum absolute atomic E-state index is 12.7. The van der Waals surface area contributed by atoms with Crippen molar-refractivity contribution < 1.29 is 28.5 Å². The van der Waals surface area contributed by atoms with Gasteiger partial charge >= 0.3 is 5.97 Å². The number of rotatable bonds is 6. The molecular weight excluding hydrogens is 386 g/mol. The van der Waals surface area contributed by atoms with Gasteiger partial charge in [-0.1, -0.05) is 30.3 Å². The molecule has 1 amide bonds. The van der Waals surface area contributed by atoms with E-state index in [2.05, 4.69) is 5.32 Å². The van der Waals surface area contributed by atoms with Crippen LogP contribution in [-0.4, -0.2) is 31.9 Å². The van der Waals surface area contributed by atoms with Gasteiger partial charge in [0.05, 0.1) is 12.7 Å². The van der Waals surface area contributed by atoms with E-state index in [1.54, 1.807) is 32.2 Å². The molecule has 0 fully saturated rings. The monoisotopic (exact) mass is 407 g/mol. The van der Waals surface area contributed by atoms with E-state index in [0.717, 1.165) is 10.9 Å². The fourth-order valence-electron chi connectivity index (χ4n) is 3.29. The van der Waals surface area contributed by atoms with E-state index in [-0.39, 0.29) is 19.2 Å². The Morgan fingerprint density at radius 3 is 2.60 bits per heavy atom. The van der Waals surface area contributed by atoms with Crippen LogP contribution in [0.4, 0.5) is 0 Å². The number of hydrogen-bond acceptors (Lipinski definition) is 6. The smallest absolute Gasteiger partial charge is 0.339 e. The Morgan fingerprint density at radius 2 is 1.80 bits per heavy atom. The maximum Gasteiger partial charge on any atom is 0.339 e. The number of fused-ring (bicyclic) bond motifs is 2. The third kappa shape index (κ3) is 3.87. The highest BCUT2D eigenvalue weighted by Crippen LogP contribution is 2.32. The molecule has 0 unspecified atom stereocenters. The van der Waals surface area contributed by atoms with Crippen LogP contribution < -0.4 is 19.5 Å². The first-order valence-electron chi connectivity index (χ1n) is 9.50. The number of hydrogen-bond donors (Lipinski definition) is 1. The molecule has 3 aromatic carbocycles. The Labute approximate surface area is 173 Å². The van der Waals surface area contributed by atoms with E-state index in [1.807, 2.05) is 36.4 Å². The molecule has 0 aromatic heterocycles. The van der Waals surface area contributed by atoms with E-state index >= 15 is 0 Å². The molecule has 0 saturated heterocycles. The largest absolute Gasteiger partial charge is 0.496 e. The molecule has 0 bridgehead atoms. The van der Waals surface area contributed by atoms with Gasteiger partial charge in [0.25, 0.3) is 5.91 Å². The zero-order valence-corrected chi connectivity index (χ0v) is 16.6. The lowest BCUT2D eigenvalue weighted by molar-refractivity contribution is -0.129. The molecular formula is C23H21NO6. The number of amides is 1. The van der Waals surface area contributed by atoms with Gasteiger partial charge < -0.3 is 24.3 Å².